The SMILES string of the molecule is CCOc1ccc(C(=O)OC(C)c2nc(C)no2)cc1OC. The van der Waals surface area contributed by atoms with E-state index in [0.29, 0.717) is 29.5 Å². The van der Waals surface area contributed by atoms with Crippen molar-refractivity contribution in [3.05, 3.63) is 35.5 Å². The summed E-state index contributed by atoms with van der Waals surface area (Å²) in [5.41, 5.74) is 0.350. The monoisotopic (exact) mass is 306 g/mol. The highest BCUT2D eigenvalue weighted by Gasteiger charge is 2.20. The van der Waals surface area contributed by atoms with Crippen molar-refractivity contribution in [2.45, 2.75) is 26.9 Å². The van der Waals surface area contributed by atoms with Crippen LogP contribution in [-0.4, -0.2) is 29.8 Å². The average Bonchev–Trinajstić information content (AvgIpc) is 2.94. The number of carbonyl (C=O) groups is 1. The molecule has 0 spiro atoms. The van der Waals surface area contributed by atoms with Crippen LogP contribution in [0.15, 0.2) is 22.7 Å². The highest BCUT2D eigenvalue weighted by molar-refractivity contribution is 5.90. The number of hydrogen-bond donors (Lipinski definition) is 0. The highest BCUT2D eigenvalue weighted by Crippen LogP contribution is 2.29. The van der Waals surface area contributed by atoms with Gasteiger partial charge in [0.15, 0.2) is 23.4 Å². The number of rotatable bonds is 6. The summed E-state index contributed by atoms with van der Waals surface area (Å²) in [6, 6.07) is 4.85. The summed E-state index contributed by atoms with van der Waals surface area (Å²) >= 11 is 0. The first-order valence-electron chi connectivity index (χ1n) is 6.87. The van der Waals surface area contributed by atoms with Crippen LogP contribution in [0.4, 0.5) is 0 Å². The van der Waals surface area contributed by atoms with Crippen molar-refractivity contribution in [1.29, 1.82) is 0 Å². The number of benzene rings is 1. The Morgan fingerprint density at radius 3 is 2.73 bits per heavy atom. The number of nitrogens with zero attached hydrogens (tertiary/aromatic N) is 2. The van der Waals surface area contributed by atoms with Gasteiger partial charge in [0.25, 0.3) is 5.89 Å². The summed E-state index contributed by atoms with van der Waals surface area (Å²) in [5.74, 6) is 1.27. The van der Waals surface area contributed by atoms with Crippen molar-refractivity contribution in [2.24, 2.45) is 0 Å². The lowest BCUT2D eigenvalue weighted by atomic mass is 10.2. The molecule has 1 aromatic heterocycles. The molecule has 1 heterocycles. The molecule has 0 aliphatic rings. The molecule has 0 amide bonds. The van der Waals surface area contributed by atoms with E-state index in [4.69, 9.17) is 18.7 Å². The lowest BCUT2D eigenvalue weighted by Crippen LogP contribution is -2.10. The standard InChI is InChI=1S/C15H18N2O5/c1-5-20-12-7-6-11(8-13(12)19-4)15(18)21-9(2)14-16-10(3)17-22-14/h6-9H,5H2,1-4H3. The smallest absolute Gasteiger partial charge is 0.339 e. The predicted octanol–water partition coefficient (Wildman–Crippen LogP) is 2.70. The van der Waals surface area contributed by atoms with Crippen LogP contribution in [-0.2, 0) is 4.74 Å². The van der Waals surface area contributed by atoms with Gasteiger partial charge in [0, 0.05) is 0 Å². The van der Waals surface area contributed by atoms with Crippen molar-refractivity contribution in [3.8, 4) is 11.5 Å². The van der Waals surface area contributed by atoms with Crippen molar-refractivity contribution >= 4 is 5.97 Å². The molecule has 118 valence electrons. The number of carbonyl (C=O) groups excluding carboxylic acids is 1. The van der Waals surface area contributed by atoms with Gasteiger partial charge in [0.05, 0.1) is 19.3 Å². The summed E-state index contributed by atoms with van der Waals surface area (Å²) in [6.07, 6.45) is -0.633. The van der Waals surface area contributed by atoms with E-state index < -0.39 is 12.1 Å². The summed E-state index contributed by atoms with van der Waals surface area (Å²) in [7, 11) is 1.51. The largest absolute Gasteiger partial charge is 0.493 e. The van der Waals surface area contributed by atoms with Crippen molar-refractivity contribution < 1.29 is 23.5 Å². The van der Waals surface area contributed by atoms with E-state index in [0.717, 1.165) is 0 Å². The van der Waals surface area contributed by atoms with Crippen molar-refractivity contribution in [1.82, 2.24) is 10.1 Å². The van der Waals surface area contributed by atoms with Crippen LogP contribution in [0, 0.1) is 6.92 Å². The van der Waals surface area contributed by atoms with Crippen LogP contribution in [0.3, 0.4) is 0 Å². The minimum absolute atomic E-state index is 0.253. The quantitative estimate of drug-likeness (QED) is 0.758. The van der Waals surface area contributed by atoms with Gasteiger partial charge in [-0.05, 0) is 39.0 Å². The average molecular weight is 306 g/mol. The maximum atomic E-state index is 12.2. The molecule has 7 heteroatoms. The Bertz CT molecular complexity index is 653. The van der Waals surface area contributed by atoms with Gasteiger partial charge >= 0.3 is 5.97 Å². The third kappa shape index (κ3) is 3.55. The van der Waals surface area contributed by atoms with E-state index in [1.165, 1.54) is 7.11 Å². The molecule has 0 bridgehead atoms. The lowest BCUT2D eigenvalue weighted by Gasteiger charge is -2.12. The number of aryl methyl sites for hydroxylation is 1. The zero-order valence-corrected chi connectivity index (χ0v) is 13.0. The molecule has 0 radical (unpaired) electrons. The molecule has 0 aliphatic carbocycles. The van der Waals surface area contributed by atoms with Crippen molar-refractivity contribution in [3.63, 3.8) is 0 Å². The van der Waals surface area contributed by atoms with Crippen LogP contribution in [0.1, 0.15) is 42.0 Å². The van der Waals surface area contributed by atoms with Crippen LogP contribution < -0.4 is 9.47 Å². The molecule has 1 atom stereocenters. The fraction of sp³-hybridized carbons (Fsp3) is 0.400. The number of aromatic nitrogens is 2. The van der Waals surface area contributed by atoms with Gasteiger partial charge in [-0.15, -0.1) is 0 Å². The normalized spacial score (nSPS) is 11.8. The van der Waals surface area contributed by atoms with Crippen molar-refractivity contribution in [2.75, 3.05) is 13.7 Å². The first-order chi connectivity index (χ1) is 10.5. The first kappa shape index (κ1) is 15.8. The Morgan fingerprint density at radius 1 is 1.36 bits per heavy atom. The second-order valence-electron chi connectivity index (χ2n) is 4.53. The molecule has 22 heavy (non-hydrogen) atoms. The maximum absolute atomic E-state index is 12.2. The van der Waals surface area contributed by atoms with E-state index in [2.05, 4.69) is 10.1 Å². The number of methoxy groups -OCH3 is 1. The van der Waals surface area contributed by atoms with E-state index in [1.807, 2.05) is 6.92 Å². The van der Waals surface area contributed by atoms with Gasteiger partial charge in [-0.2, -0.15) is 4.98 Å². The predicted molar refractivity (Wildman–Crippen MR) is 77.0 cm³/mol. The van der Waals surface area contributed by atoms with Gasteiger partial charge in [-0.25, -0.2) is 4.79 Å². The summed E-state index contributed by atoms with van der Waals surface area (Å²) in [6.45, 7) is 5.74. The van der Waals surface area contributed by atoms with E-state index >= 15 is 0 Å². The highest BCUT2D eigenvalue weighted by atomic mass is 16.6. The van der Waals surface area contributed by atoms with Gasteiger partial charge in [-0.1, -0.05) is 5.16 Å². The van der Waals surface area contributed by atoms with Gasteiger partial charge in [0.1, 0.15) is 0 Å². The molecule has 0 fully saturated rings. The van der Waals surface area contributed by atoms with Gasteiger partial charge < -0.3 is 18.7 Å². The molecule has 1 unspecified atom stereocenters. The molecule has 0 saturated heterocycles. The number of hydrogen-bond acceptors (Lipinski definition) is 7. The lowest BCUT2D eigenvalue weighted by molar-refractivity contribution is 0.0265. The molecular formula is C15H18N2O5. The van der Waals surface area contributed by atoms with Crippen LogP contribution in [0.2, 0.25) is 0 Å². The fourth-order valence-electron chi connectivity index (χ4n) is 1.83. The zero-order valence-electron chi connectivity index (χ0n) is 13.0. The number of ether oxygens (including phenoxy) is 3. The van der Waals surface area contributed by atoms with E-state index in [-0.39, 0.29) is 5.89 Å². The minimum Gasteiger partial charge on any atom is -0.493 e. The molecule has 2 aromatic rings. The number of esters is 1. The Kier molecular flexibility index (Phi) is 4.98. The van der Waals surface area contributed by atoms with Gasteiger partial charge in [-0.3, -0.25) is 0 Å². The summed E-state index contributed by atoms with van der Waals surface area (Å²) < 4.78 is 20.9. The third-order valence-corrected chi connectivity index (χ3v) is 2.87. The molecule has 0 saturated carbocycles. The fourth-order valence-corrected chi connectivity index (χ4v) is 1.83. The van der Waals surface area contributed by atoms with Crippen LogP contribution in [0.25, 0.3) is 0 Å². The molecule has 0 aliphatic heterocycles. The second-order valence-corrected chi connectivity index (χ2v) is 4.53. The summed E-state index contributed by atoms with van der Waals surface area (Å²) in [4.78, 5) is 16.2. The molecule has 1 aromatic carbocycles. The van der Waals surface area contributed by atoms with E-state index in [9.17, 15) is 4.79 Å². The molecule has 7 nitrogen and oxygen atoms in total. The molecular weight excluding hydrogens is 288 g/mol. The second kappa shape index (κ2) is 6.93. The summed E-state index contributed by atoms with van der Waals surface area (Å²) in [5, 5.41) is 3.66. The Labute approximate surface area is 128 Å². The Balaban J connectivity index is 2.12. The van der Waals surface area contributed by atoms with E-state index in [1.54, 1.807) is 32.0 Å². The van der Waals surface area contributed by atoms with Crippen LogP contribution in [0.5, 0.6) is 11.5 Å². The topological polar surface area (TPSA) is 83.7 Å². The Hall–Kier alpha value is -2.57. The van der Waals surface area contributed by atoms with Gasteiger partial charge in [0.2, 0.25) is 0 Å². The zero-order chi connectivity index (χ0) is 16.1. The molecule has 0 N–H and O–H groups in total. The molecule has 2 rings (SSSR count). The maximum Gasteiger partial charge on any atom is 0.339 e. The third-order valence-electron chi connectivity index (χ3n) is 2.87. The minimum atomic E-state index is -0.633. The van der Waals surface area contributed by atoms with Crippen LogP contribution >= 0.6 is 0 Å². The Morgan fingerprint density at radius 2 is 2.14 bits per heavy atom. The first-order valence-corrected chi connectivity index (χ1v) is 6.87.